The van der Waals surface area contributed by atoms with Crippen molar-refractivity contribution in [3.63, 3.8) is 0 Å². The normalized spacial score (nSPS) is 26.4. The molecule has 2 aromatic rings. The minimum Gasteiger partial charge on any atom is -0.352 e. The Morgan fingerprint density at radius 3 is 2.31 bits per heavy atom. The Balaban J connectivity index is 1.48. The summed E-state index contributed by atoms with van der Waals surface area (Å²) in [6.45, 7) is 2.21. The molecule has 0 heterocycles. The second-order valence-corrected chi connectivity index (χ2v) is 9.04. The molecule has 0 saturated heterocycles. The summed E-state index contributed by atoms with van der Waals surface area (Å²) in [6.07, 6.45) is 5.44. The zero-order valence-corrected chi connectivity index (χ0v) is 16.1. The van der Waals surface area contributed by atoms with Gasteiger partial charge in [-0.2, -0.15) is 0 Å². The van der Waals surface area contributed by atoms with Crippen molar-refractivity contribution in [3.05, 3.63) is 66.2 Å². The Kier molecular flexibility index (Phi) is 5.35. The molecule has 1 N–H and O–H groups in total. The lowest BCUT2D eigenvalue weighted by Gasteiger charge is -2.30. The van der Waals surface area contributed by atoms with Crippen molar-refractivity contribution in [3.8, 4) is 0 Å². The summed E-state index contributed by atoms with van der Waals surface area (Å²) >= 11 is 1.64. The summed E-state index contributed by atoms with van der Waals surface area (Å²) < 4.78 is 0. The van der Waals surface area contributed by atoms with E-state index in [0.717, 1.165) is 22.3 Å². The van der Waals surface area contributed by atoms with Crippen molar-refractivity contribution < 1.29 is 4.79 Å². The molecule has 3 heteroatoms. The van der Waals surface area contributed by atoms with Crippen LogP contribution in [-0.2, 0) is 4.79 Å². The topological polar surface area (TPSA) is 29.1 Å². The lowest BCUT2D eigenvalue weighted by atomic mass is 9.84. The van der Waals surface area contributed by atoms with Crippen molar-refractivity contribution in [2.24, 2.45) is 17.8 Å². The number of fused-ring (bicyclic) bond motifs is 2. The number of thioether (sulfide) groups is 1. The van der Waals surface area contributed by atoms with Gasteiger partial charge in [0, 0.05) is 10.9 Å². The predicted molar refractivity (Wildman–Crippen MR) is 108 cm³/mol. The average molecular weight is 366 g/mol. The quantitative estimate of drug-likeness (QED) is 0.689. The van der Waals surface area contributed by atoms with E-state index in [4.69, 9.17) is 0 Å². The van der Waals surface area contributed by atoms with Gasteiger partial charge < -0.3 is 5.32 Å². The van der Waals surface area contributed by atoms with Crippen LogP contribution in [0.2, 0.25) is 0 Å². The van der Waals surface area contributed by atoms with Crippen molar-refractivity contribution >= 4 is 17.7 Å². The highest BCUT2D eigenvalue weighted by molar-refractivity contribution is 8.00. The van der Waals surface area contributed by atoms with E-state index in [1.807, 2.05) is 36.4 Å². The van der Waals surface area contributed by atoms with Crippen LogP contribution in [0.1, 0.15) is 43.4 Å². The van der Waals surface area contributed by atoms with E-state index >= 15 is 0 Å². The minimum atomic E-state index is -0.209. The van der Waals surface area contributed by atoms with Crippen LogP contribution in [0.5, 0.6) is 0 Å². The molecule has 1 amide bonds. The zero-order valence-electron chi connectivity index (χ0n) is 15.3. The first kappa shape index (κ1) is 17.7. The standard InChI is InChI=1S/C23H27NOS/c1-16(21-15-17-12-13-19(21)14-17)24-23(25)22(18-8-4-2-5-9-18)26-20-10-6-3-7-11-20/h2-11,16-17,19,21-22H,12-15H2,1H3,(H,24,25)/t16-,17+,19+,21-,22+/m0/s1. The maximum absolute atomic E-state index is 13.2. The summed E-state index contributed by atoms with van der Waals surface area (Å²) in [5.41, 5.74) is 1.07. The molecule has 0 aromatic heterocycles. The first-order chi connectivity index (χ1) is 12.7. The average Bonchev–Trinajstić information content (AvgIpc) is 3.31. The summed E-state index contributed by atoms with van der Waals surface area (Å²) in [7, 11) is 0. The Morgan fingerprint density at radius 2 is 1.69 bits per heavy atom. The molecule has 4 rings (SSSR count). The number of benzene rings is 2. The van der Waals surface area contributed by atoms with Crippen LogP contribution < -0.4 is 5.32 Å². The van der Waals surface area contributed by atoms with Crippen molar-refractivity contribution in [1.82, 2.24) is 5.32 Å². The number of carbonyl (C=O) groups excluding carboxylic acids is 1. The second kappa shape index (κ2) is 7.87. The van der Waals surface area contributed by atoms with Crippen molar-refractivity contribution in [2.75, 3.05) is 0 Å². The Labute approximate surface area is 160 Å². The summed E-state index contributed by atoms with van der Waals surface area (Å²) in [4.78, 5) is 14.3. The molecule has 0 unspecified atom stereocenters. The van der Waals surface area contributed by atoms with Crippen LogP contribution in [0.3, 0.4) is 0 Å². The van der Waals surface area contributed by atoms with Crippen LogP contribution in [0, 0.1) is 17.8 Å². The molecule has 136 valence electrons. The Hall–Kier alpha value is -1.74. The molecule has 0 aliphatic heterocycles. The first-order valence-electron chi connectivity index (χ1n) is 9.77. The van der Waals surface area contributed by atoms with Gasteiger partial charge in [-0.15, -0.1) is 11.8 Å². The van der Waals surface area contributed by atoms with E-state index in [1.165, 1.54) is 25.7 Å². The van der Waals surface area contributed by atoms with E-state index in [1.54, 1.807) is 11.8 Å². The van der Waals surface area contributed by atoms with Crippen LogP contribution >= 0.6 is 11.8 Å². The molecular weight excluding hydrogens is 338 g/mol. The zero-order chi connectivity index (χ0) is 17.9. The fraction of sp³-hybridized carbons (Fsp3) is 0.435. The van der Waals surface area contributed by atoms with E-state index in [0.29, 0.717) is 5.92 Å². The first-order valence-corrected chi connectivity index (χ1v) is 10.7. The molecule has 2 bridgehead atoms. The third-order valence-electron chi connectivity index (χ3n) is 6.14. The molecule has 2 aliphatic rings. The van der Waals surface area contributed by atoms with Crippen LogP contribution in [-0.4, -0.2) is 11.9 Å². The number of amides is 1. The number of nitrogens with one attached hydrogen (secondary N) is 1. The Morgan fingerprint density at radius 1 is 1.00 bits per heavy atom. The maximum Gasteiger partial charge on any atom is 0.238 e. The fourth-order valence-corrected chi connectivity index (χ4v) is 5.90. The lowest BCUT2D eigenvalue weighted by molar-refractivity contribution is -0.121. The van der Waals surface area contributed by atoms with Crippen molar-refractivity contribution in [2.45, 2.75) is 48.8 Å². The molecule has 2 aliphatic carbocycles. The molecule has 2 saturated carbocycles. The molecule has 2 aromatic carbocycles. The van der Waals surface area contributed by atoms with Crippen LogP contribution in [0.15, 0.2) is 65.6 Å². The number of rotatable bonds is 6. The summed E-state index contributed by atoms with van der Waals surface area (Å²) in [5, 5.41) is 3.16. The van der Waals surface area contributed by atoms with Gasteiger partial charge in [-0.25, -0.2) is 0 Å². The van der Waals surface area contributed by atoms with Gasteiger partial charge in [0.2, 0.25) is 5.91 Å². The monoisotopic (exact) mass is 365 g/mol. The van der Waals surface area contributed by atoms with Crippen molar-refractivity contribution in [1.29, 1.82) is 0 Å². The van der Waals surface area contributed by atoms with Gasteiger partial charge in [-0.1, -0.05) is 55.0 Å². The van der Waals surface area contributed by atoms with Gasteiger partial charge in [0.15, 0.2) is 0 Å². The molecular formula is C23H27NOS. The highest BCUT2D eigenvalue weighted by atomic mass is 32.2. The number of hydrogen-bond donors (Lipinski definition) is 1. The van der Waals surface area contributed by atoms with E-state index in [9.17, 15) is 4.79 Å². The second-order valence-electron chi connectivity index (χ2n) is 7.86. The van der Waals surface area contributed by atoms with Gasteiger partial charge in [0.25, 0.3) is 0 Å². The van der Waals surface area contributed by atoms with Gasteiger partial charge >= 0.3 is 0 Å². The fourth-order valence-electron chi connectivity index (χ4n) is 4.85. The smallest absolute Gasteiger partial charge is 0.238 e. The number of hydrogen-bond acceptors (Lipinski definition) is 2. The van der Waals surface area contributed by atoms with Gasteiger partial charge in [0.1, 0.15) is 5.25 Å². The van der Waals surface area contributed by atoms with Crippen LogP contribution in [0.4, 0.5) is 0 Å². The Bertz CT molecular complexity index is 732. The predicted octanol–water partition coefficient (Wildman–Crippen LogP) is 5.46. The largest absolute Gasteiger partial charge is 0.352 e. The molecule has 0 spiro atoms. The third-order valence-corrected chi connectivity index (χ3v) is 7.41. The van der Waals surface area contributed by atoms with Gasteiger partial charge in [0.05, 0.1) is 0 Å². The number of carbonyl (C=O) groups is 1. The van der Waals surface area contributed by atoms with E-state index < -0.39 is 0 Å². The molecule has 2 fully saturated rings. The lowest BCUT2D eigenvalue weighted by Crippen LogP contribution is -2.41. The van der Waals surface area contributed by atoms with Gasteiger partial charge in [-0.05, 0) is 61.6 Å². The van der Waals surface area contributed by atoms with E-state index in [2.05, 4.69) is 36.5 Å². The highest BCUT2D eigenvalue weighted by Crippen LogP contribution is 2.49. The molecule has 0 radical (unpaired) electrons. The maximum atomic E-state index is 13.2. The van der Waals surface area contributed by atoms with Gasteiger partial charge in [-0.3, -0.25) is 4.79 Å². The SMILES string of the molecule is C[C@H](NC(=O)[C@H](Sc1ccccc1)c1ccccc1)[C@@H]1C[C@@H]2CC[C@@H]1C2. The molecule has 26 heavy (non-hydrogen) atoms. The highest BCUT2D eigenvalue weighted by Gasteiger charge is 2.42. The van der Waals surface area contributed by atoms with Crippen LogP contribution in [0.25, 0.3) is 0 Å². The molecule has 2 nitrogen and oxygen atoms in total. The van der Waals surface area contributed by atoms with E-state index in [-0.39, 0.29) is 17.2 Å². The summed E-state index contributed by atoms with van der Waals surface area (Å²) in [6, 6.07) is 20.6. The third kappa shape index (κ3) is 3.83. The summed E-state index contributed by atoms with van der Waals surface area (Å²) in [5.74, 6) is 2.54. The minimum absolute atomic E-state index is 0.139. The molecule has 5 atom stereocenters.